The molecule has 4 heterocycles. The van der Waals surface area contributed by atoms with Gasteiger partial charge in [0.15, 0.2) is 11.5 Å². The summed E-state index contributed by atoms with van der Waals surface area (Å²) in [5, 5.41) is 18.9. The van der Waals surface area contributed by atoms with Crippen LogP contribution in [0, 0.1) is 11.3 Å². The lowest BCUT2D eigenvalue weighted by atomic mass is 10.1. The third-order valence-corrected chi connectivity index (χ3v) is 5.13. The SMILES string of the molecule is N#Cc1cccnc1-c1ccc2nc(-c3cccnc3N)n(-c3ccc(CO)cc3)c2n1. The zero-order valence-electron chi connectivity index (χ0n) is 16.8. The van der Waals surface area contributed by atoms with Gasteiger partial charge in [-0.15, -0.1) is 0 Å². The van der Waals surface area contributed by atoms with Crippen LogP contribution in [0.2, 0.25) is 0 Å². The van der Waals surface area contributed by atoms with Gasteiger partial charge in [-0.2, -0.15) is 5.26 Å². The average Bonchev–Trinajstić information content (AvgIpc) is 3.22. The Morgan fingerprint density at radius 2 is 1.72 bits per heavy atom. The molecule has 8 heteroatoms. The van der Waals surface area contributed by atoms with Crippen LogP contribution in [-0.4, -0.2) is 29.6 Å². The number of nitriles is 1. The van der Waals surface area contributed by atoms with Crippen molar-refractivity contribution in [3.05, 3.63) is 84.2 Å². The van der Waals surface area contributed by atoms with E-state index in [0.29, 0.717) is 45.3 Å². The van der Waals surface area contributed by atoms with Gasteiger partial charge in [0.05, 0.1) is 23.4 Å². The van der Waals surface area contributed by atoms with Crippen LogP contribution in [-0.2, 0) is 6.61 Å². The second kappa shape index (κ2) is 7.91. The van der Waals surface area contributed by atoms with Gasteiger partial charge < -0.3 is 10.8 Å². The molecule has 0 radical (unpaired) electrons. The lowest BCUT2D eigenvalue weighted by Crippen LogP contribution is -2.02. The number of nitrogens with two attached hydrogens (primary N) is 1. The number of anilines is 1. The number of benzene rings is 1. The Bertz CT molecular complexity index is 1480. The molecule has 32 heavy (non-hydrogen) atoms. The first kappa shape index (κ1) is 19.4. The highest BCUT2D eigenvalue weighted by Gasteiger charge is 2.19. The van der Waals surface area contributed by atoms with Crippen LogP contribution < -0.4 is 5.73 Å². The molecule has 0 spiro atoms. The number of hydrogen-bond donors (Lipinski definition) is 2. The summed E-state index contributed by atoms with van der Waals surface area (Å²) in [5.41, 5.74) is 11.2. The van der Waals surface area contributed by atoms with Gasteiger partial charge in [0, 0.05) is 18.1 Å². The van der Waals surface area contributed by atoms with E-state index in [2.05, 4.69) is 16.0 Å². The van der Waals surface area contributed by atoms with Crippen LogP contribution >= 0.6 is 0 Å². The molecule has 0 fully saturated rings. The molecule has 0 amide bonds. The van der Waals surface area contributed by atoms with E-state index in [0.717, 1.165) is 11.3 Å². The number of aliphatic hydroxyl groups excluding tert-OH is 1. The molecule has 4 aromatic heterocycles. The minimum Gasteiger partial charge on any atom is -0.392 e. The monoisotopic (exact) mass is 419 g/mol. The normalized spacial score (nSPS) is 10.9. The van der Waals surface area contributed by atoms with Gasteiger partial charge in [0.1, 0.15) is 23.1 Å². The molecule has 0 bridgehead atoms. The molecule has 0 atom stereocenters. The van der Waals surface area contributed by atoms with E-state index in [1.807, 2.05) is 41.0 Å². The number of imidazole rings is 1. The number of rotatable bonds is 4. The second-order valence-electron chi connectivity index (χ2n) is 7.08. The Morgan fingerprint density at radius 1 is 0.938 bits per heavy atom. The van der Waals surface area contributed by atoms with E-state index in [9.17, 15) is 10.4 Å². The van der Waals surface area contributed by atoms with Crippen LogP contribution in [0.1, 0.15) is 11.1 Å². The molecule has 154 valence electrons. The molecule has 1 aromatic carbocycles. The molecular formula is C24H17N7O. The number of fused-ring (bicyclic) bond motifs is 1. The Balaban J connectivity index is 1.80. The number of aliphatic hydroxyl groups is 1. The topological polar surface area (TPSA) is 127 Å². The minimum atomic E-state index is -0.0492. The summed E-state index contributed by atoms with van der Waals surface area (Å²) < 4.78 is 1.89. The molecule has 0 saturated heterocycles. The lowest BCUT2D eigenvalue weighted by Gasteiger charge is -2.11. The molecule has 8 nitrogen and oxygen atoms in total. The third-order valence-electron chi connectivity index (χ3n) is 5.13. The Hall–Kier alpha value is -4.61. The third kappa shape index (κ3) is 3.23. The quantitative estimate of drug-likeness (QED) is 0.456. The van der Waals surface area contributed by atoms with E-state index >= 15 is 0 Å². The van der Waals surface area contributed by atoms with Crippen molar-refractivity contribution in [3.63, 3.8) is 0 Å². The largest absolute Gasteiger partial charge is 0.392 e. The number of hydrogen-bond acceptors (Lipinski definition) is 7. The molecule has 0 aliphatic rings. The fraction of sp³-hybridized carbons (Fsp3) is 0.0417. The van der Waals surface area contributed by atoms with E-state index in [4.69, 9.17) is 15.7 Å². The molecule has 3 N–H and O–H groups in total. The molecular weight excluding hydrogens is 402 g/mol. The van der Waals surface area contributed by atoms with Crippen molar-refractivity contribution in [2.45, 2.75) is 6.61 Å². The summed E-state index contributed by atoms with van der Waals surface area (Å²) in [6, 6.07) is 20.4. The van der Waals surface area contributed by atoms with Crippen molar-refractivity contribution in [3.8, 4) is 34.5 Å². The van der Waals surface area contributed by atoms with Crippen molar-refractivity contribution in [2.24, 2.45) is 0 Å². The maximum absolute atomic E-state index is 9.48. The summed E-state index contributed by atoms with van der Waals surface area (Å²) in [7, 11) is 0. The Labute approximate surface area is 183 Å². The van der Waals surface area contributed by atoms with Crippen LogP contribution in [0.3, 0.4) is 0 Å². The smallest absolute Gasteiger partial charge is 0.165 e. The summed E-state index contributed by atoms with van der Waals surface area (Å²) in [6.07, 6.45) is 3.26. The minimum absolute atomic E-state index is 0.0492. The highest BCUT2D eigenvalue weighted by atomic mass is 16.3. The zero-order valence-corrected chi connectivity index (χ0v) is 16.8. The van der Waals surface area contributed by atoms with Crippen LogP contribution in [0.15, 0.2) is 73.1 Å². The summed E-state index contributed by atoms with van der Waals surface area (Å²) in [4.78, 5) is 18.2. The van der Waals surface area contributed by atoms with Crippen LogP contribution in [0.4, 0.5) is 5.82 Å². The maximum Gasteiger partial charge on any atom is 0.165 e. The summed E-state index contributed by atoms with van der Waals surface area (Å²) in [5.74, 6) is 0.946. The van der Waals surface area contributed by atoms with E-state index in [-0.39, 0.29) is 6.61 Å². The number of pyridine rings is 3. The molecule has 0 aliphatic carbocycles. The van der Waals surface area contributed by atoms with Crippen LogP contribution in [0.5, 0.6) is 0 Å². The van der Waals surface area contributed by atoms with Crippen molar-refractivity contribution < 1.29 is 5.11 Å². The van der Waals surface area contributed by atoms with Crippen LogP contribution in [0.25, 0.3) is 39.6 Å². The number of nitrogens with zero attached hydrogens (tertiary/aromatic N) is 6. The average molecular weight is 419 g/mol. The van der Waals surface area contributed by atoms with Gasteiger partial charge in [-0.3, -0.25) is 9.55 Å². The van der Waals surface area contributed by atoms with Gasteiger partial charge in [-0.25, -0.2) is 15.0 Å². The van der Waals surface area contributed by atoms with Crippen molar-refractivity contribution in [2.75, 3.05) is 5.73 Å². The van der Waals surface area contributed by atoms with E-state index < -0.39 is 0 Å². The van der Waals surface area contributed by atoms with Crippen molar-refractivity contribution >= 4 is 17.0 Å². The molecule has 5 aromatic rings. The maximum atomic E-state index is 9.48. The van der Waals surface area contributed by atoms with E-state index in [1.165, 1.54) is 0 Å². The lowest BCUT2D eigenvalue weighted by molar-refractivity contribution is 0.282. The van der Waals surface area contributed by atoms with Gasteiger partial charge >= 0.3 is 0 Å². The van der Waals surface area contributed by atoms with Crippen molar-refractivity contribution in [1.82, 2.24) is 24.5 Å². The fourth-order valence-electron chi connectivity index (χ4n) is 3.57. The molecule has 0 saturated carbocycles. The van der Waals surface area contributed by atoms with Gasteiger partial charge in [-0.05, 0) is 54.1 Å². The molecule has 0 unspecified atom stereocenters. The Kier molecular flexibility index (Phi) is 4.78. The first-order valence-corrected chi connectivity index (χ1v) is 9.85. The first-order chi connectivity index (χ1) is 15.7. The Morgan fingerprint density at radius 3 is 2.47 bits per heavy atom. The number of aromatic nitrogens is 5. The predicted molar refractivity (Wildman–Crippen MR) is 120 cm³/mol. The number of nitrogen functional groups attached to an aromatic ring is 1. The molecule has 5 rings (SSSR count). The van der Waals surface area contributed by atoms with Gasteiger partial charge in [0.25, 0.3) is 0 Å². The first-order valence-electron chi connectivity index (χ1n) is 9.85. The predicted octanol–water partition coefficient (Wildman–Crippen LogP) is 3.49. The zero-order chi connectivity index (χ0) is 22.1. The van der Waals surface area contributed by atoms with Gasteiger partial charge in [-0.1, -0.05) is 12.1 Å². The fourth-order valence-corrected chi connectivity index (χ4v) is 3.57. The van der Waals surface area contributed by atoms with Crippen molar-refractivity contribution in [1.29, 1.82) is 5.26 Å². The van der Waals surface area contributed by atoms with E-state index in [1.54, 1.807) is 36.7 Å². The highest BCUT2D eigenvalue weighted by molar-refractivity contribution is 5.84. The summed E-state index contributed by atoms with van der Waals surface area (Å²) >= 11 is 0. The van der Waals surface area contributed by atoms with Gasteiger partial charge in [0.2, 0.25) is 0 Å². The molecule has 0 aliphatic heterocycles. The second-order valence-corrected chi connectivity index (χ2v) is 7.08. The highest BCUT2D eigenvalue weighted by Crippen LogP contribution is 2.31. The summed E-state index contributed by atoms with van der Waals surface area (Å²) in [6.45, 7) is -0.0492. The standard InChI is InChI=1S/C24H17N7O/c25-13-16-3-1-11-27-21(16)19-9-10-20-24(29-19)31(17-7-5-15(14-32)6-8-17)23(30-20)18-4-2-12-28-22(18)26/h1-12,32H,14H2,(H2,26,28).